The van der Waals surface area contributed by atoms with Crippen LogP contribution in [0.15, 0.2) is 20.9 Å². The first-order chi connectivity index (χ1) is 10.9. The fraction of sp³-hybridized carbons (Fsp3) is 0.500. The van der Waals surface area contributed by atoms with E-state index in [2.05, 4.69) is 5.16 Å². The smallest absolute Gasteiger partial charge is 0.252 e. The van der Waals surface area contributed by atoms with E-state index in [4.69, 9.17) is 15.0 Å². The summed E-state index contributed by atoms with van der Waals surface area (Å²) in [7, 11) is -3.54. The third-order valence-electron chi connectivity index (χ3n) is 3.82. The van der Waals surface area contributed by atoms with Crippen LogP contribution < -0.4 is 5.73 Å². The molecule has 0 radical (unpaired) electrons. The van der Waals surface area contributed by atoms with Crippen molar-refractivity contribution in [2.45, 2.75) is 24.2 Å². The molecule has 0 aliphatic carbocycles. The molecule has 7 nitrogen and oxygen atoms in total. The molecule has 1 atom stereocenters. The SMILES string of the molecule is Cc1noc(C)c1-c1ccc(S(=O)(=O)N2CCO[C@H](CN)C2)s1. The lowest BCUT2D eigenvalue weighted by atomic mass is 10.2. The zero-order valence-corrected chi connectivity index (χ0v) is 14.6. The summed E-state index contributed by atoms with van der Waals surface area (Å²) in [6, 6.07) is 3.43. The van der Waals surface area contributed by atoms with Crippen LogP contribution in [0.2, 0.25) is 0 Å². The molecule has 1 aliphatic rings. The second kappa shape index (κ2) is 6.33. The summed E-state index contributed by atoms with van der Waals surface area (Å²) in [5, 5.41) is 3.92. The van der Waals surface area contributed by atoms with E-state index in [-0.39, 0.29) is 12.6 Å². The minimum Gasteiger partial charge on any atom is -0.374 e. The number of hydrogen-bond donors (Lipinski definition) is 1. The maximum atomic E-state index is 12.8. The van der Waals surface area contributed by atoms with Gasteiger partial charge in [-0.3, -0.25) is 0 Å². The van der Waals surface area contributed by atoms with Gasteiger partial charge in [-0.05, 0) is 26.0 Å². The molecule has 0 amide bonds. The molecule has 0 aromatic carbocycles. The third-order valence-corrected chi connectivity index (χ3v) is 7.25. The fourth-order valence-electron chi connectivity index (χ4n) is 2.61. The lowest BCUT2D eigenvalue weighted by molar-refractivity contribution is 0.00456. The van der Waals surface area contributed by atoms with Crippen LogP contribution in [0.3, 0.4) is 0 Å². The lowest BCUT2D eigenvalue weighted by Crippen LogP contribution is -2.47. The molecule has 2 aromatic heterocycles. The van der Waals surface area contributed by atoms with Gasteiger partial charge >= 0.3 is 0 Å². The molecule has 2 aromatic rings. The summed E-state index contributed by atoms with van der Waals surface area (Å²) in [5.41, 5.74) is 7.20. The van der Waals surface area contributed by atoms with Crippen LogP contribution >= 0.6 is 11.3 Å². The first-order valence-electron chi connectivity index (χ1n) is 7.28. The molecule has 23 heavy (non-hydrogen) atoms. The molecular weight excluding hydrogens is 338 g/mol. The Balaban J connectivity index is 1.90. The van der Waals surface area contributed by atoms with Crippen LogP contribution in [0.5, 0.6) is 0 Å². The van der Waals surface area contributed by atoms with E-state index in [0.717, 1.165) is 16.1 Å². The first kappa shape index (κ1) is 16.6. The Hall–Kier alpha value is -1.26. The average molecular weight is 357 g/mol. The van der Waals surface area contributed by atoms with Crippen molar-refractivity contribution in [3.8, 4) is 10.4 Å². The Labute approximate surface area is 139 Å². The quantitative estimate of drug-likeness (QED) is 0.887. The summed E-state index contributed by atoms with van der Waals surface area (Å²) in [6.45, 7) is 4.96. The van der Waals surface area contributed by atoms with E-state index in [1.165, 1.54) is 15.6 Å². The first-order valence-corrected chi connectivity index (χ1v) is 9.54. The molecule has 0 bridgehead atoms. The predicted octanol–water partition coefficient (Wildman–Crippen LogP) is 1.37. The Morgan fingerprint density at radius 3 is 2.87 bits per heavy atom. The van der Waals surface area contributed by atoms with Gasteiger partial charge in [0.2, 0.25) is 0 Å². The second-order valence-corrected chi connectivity index (χ2v) is 8.66. The van der Waals surface area contributed by atoms with Gasteiger partial charge in [-0.25, -0.2) is 8.42 Å². The second-order valence-electron chi connectivity index (χ2n) is 5.41. The van der Waals surface area contributed by atoms with Crippen molar-refractivity contribution in [3.05, 3.63) is 23.6 Å². The molecule has 3 rings (SSSR count). The monoisotopic (exact) mass is 357 g/mol. The maximum Gasteiger partial charge on any atom is 0.252 e. The normalized spacial score (nSPS) is 20.0. The lowest BCUT2D eigenvalue weighted by Gasteiger charge is -2.31. The van der Waals surface area contributed by atoms with E-state index < -0.39 is 10.0 Å². The van der Waals surface area contributed by atoms with Gasteiger partial charge in [0.05, 0.1) is 24.0 Å². The number of sulfonamides is 1. The van der Waals surface area contributed by atoms with E-state index in [1.54, 1.807) is 12.1 Å². The van der Waals surface area contributed by atoms with Crippen molar-refractivity contribution in [2.75, 3.05) is 26.2 Å². The number of thiophene rings is 1. The molecule has 0 saturated carbocycles. The number of hydrogen-bond acceptors (Lipinski definition) is 7. The van der Waals surface area contributed by atoms with E-state index in [0.29, 0.717) is 29.7 Å². The number of nitrogens with two attached hydrogens (primary N) is 1. The summed E-state index contributed by atoms with van der Waals surface area (Å²) in [6.07, 6.45) is -0.250. The van der Waals surface area contributed by atoms with Crippen molar-refractivity contribution < 1.29 is 17.7 Å². The highest BCUT2D eigenvalue weighted by atomic mass is 32.2. The molecule has 0 spiro atoms. The van der Waals surface area contributed by atoms with Gasteiger partial charge in [-0.15, -0.1) is 11.3 Å². The summed E-state index contributed by atoms with van der Waals surface area (Å²) < 4.78 is 37.9. The molecule has 1 aliphatic heterocycles. The van der Waals surface area contributed by atoms with E-state index in [9.17, 15) is 8.42 Å². The Bertz CT molecular complexity index is 777. The van der Waals surface area contributed by atoms with Gasteiger partial charge in [0.25, 0.3) is 10.0 Å². The number of aryl methyl sites for hydroxylation is 2. The minimum absolute atomic E-state index is 0.250. The summed E-state index contributed by atoms with van der Waals surface area (Å²) in [5.74, 6) is 0.683. The van der Waals surface area contributed by atoms with Crippen LogP contribution in [-0.4, -0.2) is 50.2 Å². The number of morpholine rings is 1. The van der Waals surface area contributed by atoms with Gasteiger partial charge in [-0.2, -0.15) is 4.31 Å². The van der Waals surface area contributed by atoms with Gasteiger partial charge in [0.1, 0.15) is 9.97 Å². The number of ether oxygens (including phenoxy) is 1. The van der Waals surface area contributed by atoms with Crippen molar-refractivity contribution in [3.63, 3.8) is 0 Å². The van der Waals surface area contributed by atoms with Crippen LogP contribution in [0.25, 0.3) is 10.4 Å². The fourth-order valence-corrected chi connectivity index (χ4v) is 5.67. The molecule has 2 N–H and O–H groups in total. The predicted molar refractivity (Wildman–Crippen MR) is 86.8 cm³/mol. The van der Waals surface area contributed by atoms with E-state index in [1.807, 2.05) is 13.8 Å². The van der Waals surface area contributed by atoms with Crippen molar-refractivity contribution >= 4 is 21.4 Å². The van der Waals surface area contributed by atoms with Gasteiger partial charge in [0.15, 0.2) is 0 Å². The Morgan fingerprint density at radius 1 is 1.43 bits per heavy atom. The van der Waals surface area contributed by atoms with Crippen molar-refractivity contribution in [1.29, 1.82) is 0 Å². The zero-order chi connectivity index (χ0) is 16.6. The topological polar surface area (TPSA) is 98.7 Å². The third kappa shape index (κ3) is 3.07. The molecule has 0 unspecified atom stereocenters. The molecule has 1 fully saturated rings. The number of aromatic nitrogens is 1. The van der Waals surface area contributed by atoms with Gasteiger partial charge < -0.3 is 15.0 Å². The molecule has 9 heteroatoms. The van der Waals surface area contributed by atoms with Crippen molar-refractivity contribution in [1.82, 2.24) is 9.46 Å². The summed E-state index contributed by atoms with van der Waals surface area (Å²) >= 11 is 1.23. The van der Waals surface area contributed by atoms with Crippen LogP contribution in [0, 0.1) is 13.8 Å². The molecule has 3 heterocycles. The molecule has 1 saturated heterocycles. The molecule has 126 valence electrons. The number of nitrogens with zero attached hydrogens (tertiary/aromatic N) is 2. The molecular formula is C14H19N3O4S2. The van der Waals surface area contributed by atoms with Crippen LogP contribution in [0.1, 0.15) is 11.5 Å². The summed E-state index contributed by atoms with van der Waals surface area (Å²) in [4.78, 5) is 0.837. The highest BCUT2D eigenvalue weighted by Gasteiger charge is 2.31. The average Bonchev–Trinajstić information content (AvgIpc) is 3.14. The Kier molecular flexibility index (Phi) is 4.56. The number of rotatable bonds is 4. The van der Waals surface area contributed by atoms with Crippen LogP contribution in [0.4, 0.5) is 0 Å². The largest absolute Gasteiger partial charge is 0.374 e. The Morgan fingerprint density at radius 2 is 2.22 bits per heavy atom. The van der Waals surface area contributed by atoms with Crippen LogP contribution in [-0.2, 0) is 14.8 Å². The zero-order valence-electron chi connectivity index (χ0n) is 13.0. The standard InChI is InChI=1S/C14H19N3O4S2/c1-9-14(10(2)21-16-9)12-3-4-13(22-12)23(18,19)17-5-6-20-11(7-15)8-17/h3-4,11H,5-8,15H2,1-2H3/t11-/m1/s1. The highest BCUT2D eigenvalue weighted by molar-refractivity contribution is 7.91. The minimum atomic E-state index is -3.54. The van der Waals surface area contributed by atoms with Gasteiger partial charge in [-0.1, -0.05) is 5.16 Å². The van der Waals surface area contributed by atoms with E-state index >= 15 is 0 Å². The maximum absolute atomic E-state index is 12.8. The highest BCUT2D eigenvalue weighted by Crippen LogP contribution is 2.36. The van der Waals surface area contributed by atoms with Gasteiger partial charge in [0, 0.05) is 24.5 Å². The van der Waals surface area contributed by atoms with Crippen molar-refractivity contribution in [2.24, 2.45) is 5.73 Å².